The second-order valence-electron chi connectivity index (χ2n) is 6.39. The van der Waals surface area contributed by atoms with Crippen LogP contribution in [0.4, 0.5) is 4.79 Å². The molecule has 0 fully saturated rings. The zero-order valence-electron chi connectivity index (χ0n) is 13.7. The molecule has 124 valence electrons. The molecule has 6 nitrogen and oxygen atoms in total. The molecule has 1 aromatic carbocycles. The summed E-state index contributed by atoms with van der Waals surface area (Å²) in [5, 5.41) is 12.6. The van der Waals surface area contributed by atoms with Gasteiger partial charge in [-0.05, 0) is 39.3 Å². The molecule has 0 radical (unpaired) electrons. The SMILES string of the molecule is Cc1c(CC(NC(=O)OC(C)(C)C)C(=O)O)oc2ccccc12. The maximum atomic E-state index is 11.8. The Hall–Kier alpha value is -2.50. The Morgan fingerprint density at radius 1 is 1.30 bits per heavy atom. The van der Waals surface area contributed by atoms with Crippen molar-refractivity contribution in [2.24, 2.45) is 0 Å². The Bertz CT molecular complexity index is 726. The van der Waals surface area contributed by atoms with Crippen LogP contribution < -0.4 is 5.32 Å². The number of alkyl carbamates (subject to hydrolysis) is 1. The number of benzene rings is 1. The summed E-state index contributed by atoms with van der Waals surface area (Å²) in [6.45, 7) is 7.01. The van der Waals surface area contributed by atoms with Crippen molar-refractivity contribution in [1.29, 1.82) is 0 Å². The first-order chi connectivity index (χ1) is 10.7. The van der Waals surface area contributed by atoms with Crippen LogP contribution in [0.25, 0.3) is 11.0 Å². The monoisotopic (exact) mass is 319 g/mol. The van der Waals surface area contributed by atoms with E-state index in [0.29, 0.717) is 11.3 Å². The Kier molecular flexibility index (Phi) is 4.63. The molecule has 2 N–H and O–H groups in total. The highest BCUT2D eigenvalue weighted by Crippen LogP contribution is 2.25. The van der Waals surface area contributed by atoms with E-state index in [9.17, 15) is 14.7 Å². The number of fused-ring (bicyclic) bond motifs is 1. The lowest BCUT2D eigenvalue weighted by atomic mass is 10.1. The number of carbonyl (C=O) groups is 2. The van der Waals surface area contributed by atoms with Gasteiger partial charge in [-0.3, -0.25) is 0 Å². The lowest BCUT2D eigenvalue weighted by Crippen LogP contribution is -2.44. The molecule has 6 heteroatoms. The molecule has 0 aliphatic carbocycles. The number of hydrogen-bond donors (Lipinski definition) is 2. The van der Waals surface area contributed by atoms with Gasteiger partial charge in [0.15, 0.2) is 0 Å². The summed E-state index contributed by atoms with van der Waals surface area (Å²) in [6, 6.07) is 6.35. The van der Waals surface area contributed by atoms with Gasteiger partial charge in [-0.25, -0.2) is 9.59 Å². The number of aliphatic carboxylic acids is 1. The number of carboxylic acids is 1. The van der Waals surface area contributed by atoms with Crippen LogP contribution in [0.1, 0.15) is 32.1 Å². The smallest absolute Gasteiger partial charge is 0.408 e. The van der Waals surface area contributed by atoms with Gasteiger partial charge >= 0.3 is 12.1 Å². The number of nitrogens with one attached hydrogen (secondary N) is 1. The van der Waals surface area contributed by atoms with Crippen molar-refractivity contribution in [2.45, 2.75) is 45.8 Å². The quantitative estimate of drug-likeness (QED) is 0.903. The van der Waals surface area contributed by atoms with E-state index in [4.69, 9.17) is 9.15 Å². The van der Waals surface area contributed by atoms with Gasteiger partial charge in [-0.1, -0.05) is 18.2 Å². The Morgan fingerprint density at radius 2 is 1.96 bits per heavy atom. The summed E-state index contributed by atoms with van der Waals surface area (Å²) >= 11 is 0. The molecule has 1 atom stereocenters. The molecule has 1 amide bonds. The van der Waals surface area contributed by atoms with Crippen molar-refractivity contribution in [2.75, 3.05) is 0 Å². The van der Waals surface area contributed by atoms with E-state index in [1.807, 2.05) is 31.2 Å². The third kappa shape index (κ3) is 4.25. The van der Waals surface area contributed by atoms with Gasteiger partial charge in [-0.15, -0.1) is 0 Å². The van der Waals surface area contributed by atoms with Gasteiger partial charge in [0.05, 0.1) is 0 Å². The third-order valence-electron chi connectivity index (χ3n) is 3.32. The first kappa shape index (κ1) is 16.9. The van der Waals surface area contributed by atoms with Crippen LogP contribution in [-0.4, -0.2) is 28.8 Å². The summed E-state index contributed by atoms with van der Waals surface area (Å²) in [6.07, 6.45) is -0.714. The second kappa shape index (κ2) is 6.32. The van der Waals surface area contributed by atoms with Crippen LogP contribution in [-0.2, 0) is 16.0 Å². The highest BCUT2D eigenvalue weighted by Gasteiger charge is 2.26. The van der Waals surface area contributed by atoms with E-state index in [1.54, 1.807) is 20.8 Å². The average Bonchev–Trinajstić information content (AvgIpc) is 2.73. The van der Waals surface area contributed by atoms with E-state index < -0.39 is 23.7 Å². The number of hydrogen-bond acceptors (Lipinski definition) is 4. The third-order valence-corrected chi connectivity index (χ3v) is 3.32. The van der Waals surface area contributed by atoms with Crippen molar-refractivity contribution in [3.63, 3.8) is 0 Å². The molecule has 1 unspecified atom stereocenters. The summed E-state index contributed by atoms with van der Waals surface area (Å²) < 4.78 is 10.8. The minimum Gasteiger partial charge on any atom is -0.480 e. The molecule has 0 aliphatic heterocycles. The summed E-state index contributed by atoms with van der Waals surface area (Å²) in [7, 11) is 0. The number of furan rings is 1. The highest BCUT2D eigenvalue weighted by molar-refractivity contribution is 5.83. The molecule has 0 spiro atoms. The fraction of sp³-hybridized carbons (Fsp3) is 0.412. The minimum atomic E-state index is -1.14. The first-order valence-corrected chi connectivity index (χ1v) is 7.36. The van der Waals surface area contributed by atoms with Crippen LogP contribution in [0.2, 0.25) is 0 Å². The van der Waals surface area contributed by atoms with Gasteiger partial charge in [0.1, 0.15) is 23.0 Å². The molecule has 0 saturated carbocycles. The fourth-order valence-corrected chi connectivity index (χ4v) is 2.25. The molecule has 0 saturated heterocycles. The van der Waals surface area contributed by atoms with Crippen molar-refractivity contribution in [1.82, 2.24) is 5.32 Å². The number of para-hydroxylation sites is 1. The number of carbonyl (C=O) groups excluding carboxylic acids is 1. The second-order valence-corrected chi connectivity index (χ2v) is 6.39. The predicted molar refractivity (Wildman–Crippen MR) is 85.4 cm³/mol. The number of ether oxygens (including phenoxy) is 1. The molecule has 1 heterocycles. The Morgan fingerprint density at radius 3 is 2.52 bits per heavy atom. The van der Waals surface area contributed by atoms with E-state index in [2.05, 4.69) is 5.32 Å². The zero-order chi connectivity index (χ0) is 17.2. The fourth-order valence-electron chi connectivity index (χ4n) is 2.25. The van der Waals surface area contributed by atoms with E-state index in [0.717, 1.165) is 10.9 Å². The molecule has 0 aliphatic rings. The van der Waals surface area contributed by atoms with Crippen LogP contribution in [0, 0.1) is 6.92 Å². The van der Waals surface area contributed by atoms with Crippen molar-refractivity contribution in [3.05, 3.63) is 35.6 Å². The van der Waals surface area contributed by atoms with E-state index in [-0.39, 0.29) is 6.42 Å². The highest BCUT2D eigenvalue weighted by atomic mass is 16.6. The van der Waals surface area contributed by atoms with Gasteiger partial charge in [0.2, 0.25) is 0 Å². The molecule has 2 aromatic rings. The van der Waals surface area contributed by atoms with Crippen LogP contribution in [0.3, 0.4) is 0 Å². The largest absolute Gasteiger partial charge is 0.480 e. The Balaban J connectivity index is 2.17. The molecule has 0 bridgehead atoms. The minimum absolute atomic E-state index is 0.0507. The molecular weight excluding hydrogens is 298 g/mol. The van der Waals surface area contributed by atoms with Gasteiger partial charge < -0.3 is 19.6 Å². The molecular formula is C17H21NO5. The summed E-state index contributed by atoms with van der Waals surface area (Å²) in [5.41, 5.74) is 0.877. The van der Waals surface area contributed by atoms with Crippen molar-refractivity contribution in [3.8, 4) is 0 Å². The average molecular weight is 319 g/mol. The Labute approximate surface area is 134 Å². The number of aryl methyl sites for hydroxylation is 1. The summed E-state index contributed by atoms with van der Waals surface area (Å²) in [4.78, 5) is 23.2. The van der Waals surface area contributed by atoms with Gasteiger partial charge in [0.25, 0.3) is 0 Å². The van der Waals surface area contributed by atoms with E-state index in [1.165, 1.54) is 0 Å². The van der Waals surface area contributed by atoms with Crippen LogP contribution in [0.15, 0.2) is 28.7 Å². The molecule has 1 aromatic heterocycles. The number of rotatable bonds is 4. The van der Waals surface area contributed by atoms with Crippen molar-refractivity contribution < 1.29 is 23.8 Å². The zero-order valence-corrected chi connectivity index (χ0v) is 13.7. The van der Waals surface area contributed by atoms with E-state index >= 15 is 0 Å². The number of amides is 1. The number of carboxylic acid groups (broad SMARTS) is 1. The predicted octanol–water partition coefficient (Wildman–Crippen LogP) is 3.26. The standard InChI is InChI=1S/C17H21NO5/c1-10-11-7-5-6-8-13(11)22-14(10)9-12(15(19)20)18-16(21)23-17(2,3)4/h5-8,12H,9H2,1-4H3,(H,18,21)(H,19,20). The van der Waals surface area contributed by atoms with Crippen LogP contribution in [0.5, 0.6) is 0 Å². The first-order valence-electron chi connectivity index (χ1n) is 7.36. The lowest BCUT2D eigenvalue weighted by molar-refractivity contribution is -0.139. The normalized spacial score (nSPS) is 12.9. The summed E-state index contributed by atoms with van der Waals surface area (Å²) in [5.74, 6) is -0.606. The topological polar surface area (TPSA) is 88.8 Å². The molecule has 23 heavy (non-hydrogen) atoms. The maximum absolute atomic E-state index is 11.8. The van der Waals surface area contributed by atoms with Gasteiger partial charge in [0, 0.05) is 11.8 Å². The van der Waals surface area contributed by atoms with Crippen molar-refractivity contribution >= 4 is 23.0 Å². The van der Waals surface area contributed by atoms with Crippen LogP contribution >= 0.6 is 0 Å². The molecule has 2 rings (SSSR count). The maximum Gasteiger partial charge on any atom is 0.408 e. The lowest BCUT2D eigenvalue weighted by Gasteiger charge is -2.21. The van der Waals surface area contributed by atoms with Gasteiger partial charge in [-0.2, -0.15) is 0 Å².